The van der Waals surface area contributed by atoms with Crippen LogP contribution in [0.15, 0.2) is 11.5 Å². The molecule has 0 aromatic heterocycles. The number of Topliss-reactive ketones (excluding diaryl/α,β-unsaturated/α-hetero) is 1. The highest BCUT2D eigenvalue weighted by Crippen LogP contribution is 2.45. The fraction of sp³-hybridized carbons (Fsp3) is 0.750. The molecule has 2 rings (SSSR count). The third-order valence-electron chi connectivity index (χ3n) is 3.89. The maximum absolute atomic E-state index is 12.0. The number of carbonyl (C=O) groups is 1. The molecule has 0 N–H and O–H groups in total. The number of methoxy groups -OCH3 is 1. The number of hydrogen-bond donors (Lipinski definition) is 0. The first-order valence-electron chi connectivity index (χ1n) is 5.86. The molecule has 4 nitrogen and oxygen atoms in total. The molecule has 1 aliphatic heterocycles. The molecule has 96 valence electrons. The van der Waals surface area contributed by atoms with Gasteiger partial charge >= 0.3 is 0 Å². The summed E-state index contributed by atoms with van der Waals surface area (Å²) in [5, 5.41) is 0.0779. The Morgan fingerprint density at radius 2 is 1.82 bits per heavy atom. The van der Waals surface area contributed by atoms with Crippen LogP contribution in [0.25, 0.3) is 0 Å². The van der Waals surface area contributed by atoms with Gasteiger partial charge in [-0.05, 0) is 18.1 Å². The lowest BCUT2D eigenvalue weighted by molar-refractivity contribution is -0.129. The number of ketones is 1. The molecule has 2 atom stereocenters. The molecular formula is C12H20O4Si. The second-order valence-corrected chi connectivity index (χ2v) is 10.9. The molecule has 1 heterocycles. The lowest BCUT2D eigenvalue weighted by atomic mass is 10.2. The summed E-state index contributed by atoms with van der Waals surface area (Å²) in [6.45, 7) is 10.7. The first-order valence-corrected chi connectivity index (χ1v) is 8.77. The Labute approximate surface area is 103 Å². The summed E-state index contributed by atoms with van der Waals surface area (Å²) in [4.78, 5) is 12.0. The van der Waals surface area contributed by atoms with Crippen molar-refractivity contribution < 1.29 is 18.7 Å². The minimum atomic E-state index is -1.96. The van der Waals surface area contributed by atoms with Crippen molar-refractivity contribution in [1.82, 2.24) is 0 Å². The summed E-state index contributed by atoms with van der Waals surface area (Å²) in [7, 11) is -0.381. The van der Waals surface area contributed by atoms with Crippen molar-refractivity contribution >= 4 is 14.1 Å². The molecule has 0 aromatic rings. The van der Waals surface area contributed by atoms with Crippen molar-refractivity contribution in [3.63, 3.8) is 0 Å². The maximum Gasteiger partial charge on any atom is 0.232 e. The van der Waals surface area contributed by atoms with Gasteiger partial charge in [-0.2, -0.15) is 0 Å². The van der Waals surface area contributed by atoms with E-state index in [4.69, 9.17) is 13.9 Å². The smallest absolute Gasteiger partial charge is 0.232 e. The van der Waals surface area contributed by atoms with Crippen LogP contribution in [0.3, 0.4) is 0 Å². The van der Waals surface area contributed by atoms with Crippen LogP contribution in [0.1, 0.15) is 20.8 Å². The van der Waals surface area contributed by atoms with E-state index in [1.165, 1.54) is 0 Å². The Hall–Kier alpha value is -0.653. The molecule has 0 unspecified atom stereocenters. The highest BCUT2D eigenvalue weighted by atomic mass is 28.4. The number of rotatable bonds is 3. The second-order valence-electron chi connectivity index (χ2n) is 6.11. The third kappa shape index (κ3) is 1.96. The van der Waals surface area contributed by atoms with Crippen molar-refractivity contribution in [3.8, 4) is 0 Å². The zero-order chi connectivity index (χ0) is 13.0. The summed E-state index contributed by atoms with van der Waals surface area (Å²) in [6, 6.07) is 0. The third-order valence-corrected chi connectivity index (χ3v) is 8.35. The van der Waals surface area contributed by atoms with E-state index >= 15 is 0 Å². The van der Waals surface area contributed by atoms with E-state index in [0.717, 1.165) is 0 Å². The minimum Gasteiger partial charge on any atom is -0.447 e. The van der Waals surface area contributed by atoms with Crippen LogP contribution >= 0.6 is 0 Å². The standard InChI is InChI=1S/C12H20O4Si/c1-12(2,3)17(5,6)16-9-7(13)8-11(15-8)10(9)14-4/h9-10H,1-6H3/t9-,10+/m0/s1. The molecular weight excluding hydrogens is 236 g/mol. The first-order chi connectivity index (χ1) is 7.69. The van der Waals surface area contributed by atoms with Crippen LogP contribution in [-0.4, -0.2) is 33.4 Å². The lowest BCUT2D eigenvalue weighted by Crippen LogP contribution is -2.49. The molecule has 0 spiro atoms. The zero-order valence-corrected chi connectivity index (χ0v) is 12.3. The van der Waals surface area contributed by atoms with E-state index in [1.807, 2.05) is 0 Å². The highest BCUT2D eigenvalue weighted by Gasteiger charge is 2.57. The molecule has 0 aromatic carbocycles. The molecule has 0 bridgehead atoms. The van der Waals surface area contributed by atoms with Gasteiger partial charge in [-0.25, -0.2) is 0 Å². The van der Waals surface area contributed by atoms with Crippen LogP contribution in [0, 0.1) is 0 Å². The Bertz CT molecular complexity index is 392. The topological polar surface area (TPSA) is 48.1 Å². The predicted octanol–water partition coefficient (Wildman–Crippen LogP) is 2.22. The van der Waals surface area contributed by atoms with E-state index in [9.17, 15) is 4.79 Å². The van der Waals surface area contributed by atoms with Gasteiger partial charge in [-0.3, -0.25) is 4.79 Å². The molecule has 0 saturated heterocycles. The van der Waals surface area contributed by atoms with Gasteiger partial charge in [0.15, 0.2) is 20.2 Å². The van der Waals surface area contributed by atoms with Crippen molar-refractivity contribution in [2.75, 3.05) is 7.11 Å². The molecule has 0 saturated carbocycles. The molecule has 0 fully saturated rings. The Morgan fingerprint density at radius 1 is 1.24 bits per heavy atom. The van der Waals surface area contributed by atoms with Crippen molar-refractivity contribution in [2.45, 2.75) is 51.1 Å². The minimum absolute atomic E-state index is 0.0586. The van der Waals surface area contributed by atoms with Gasteiger partial charge in [-0.15, -0.1) is 0 Å². The number of ether oxygens (including phenoxy) is 2. The average molecular weight is 256 g/mol. The summed E-state index contributed by atoms with van der Waals surface area (Å²) in [5.74, 6) is 1.07. The summed E-state index contributed by atoms with van der Waals surface area (Å²) in [5.41, 5.74) is 0. The van der Waals surface area contributed by atoms with Gasteiger partial charge in [0.2, 0.25) is 11.5 Å². The second kappa shape index (κ2) is 3.67. The lowest BCUT2D eigenvalue weighted by Gasteiger charge is -2.39. The van der Waals surface area contributed by atoms with E-state index in [-0.39, 0.29) is 16.9 Å². The SMILES string of the molecule is CO[C@H]1C2=C(O2)C(=O)[C@@H]1O[Si](C)(C)C(C)(C)C. The fourth-order valence-electron chi connectivity index (χ4n) is 1.69. The number of carbonyl (C=O) groups excluding carboxylic acids is 1. The summed E-state index contributed by atoms with van der Waals surface area (Å²) < 4.78 is 16.5. The van der Waals surface area contributed by atoms with E-state index in [2.05, 4.69) is 33.9 Å². The highest BCUT2D eigenvalue weighted by molar-refractivity contribution is 6.74. The normalized spacial score (nSPS) is 28.2. The van der Waals surface area contributed by atoms with Crippen LogP contribution in [-0.2, 0) is 18.7 Å². The van der Waals surface area contributed by atoms with Gasteiger partial charge in [-0.1, -0.05) is 20.8 Å². The fourth-order valence-corrected chi connectivity index (χ4v) is 2.91. The number of hydrogen-bond acceptors (Lipinski definition) is 4. The largest absolute Gasteiger partial charge is 0.447 e. The van der Waals surface area contributed by atoms with Gasteiger partial charge < -0.3 is 13.9 Å². The molecule has 0 amide bonds. The van der Waals surface area contributed by atoms with Crippen molar-refractivity contribution in [3.05, 3.63) is 11.5 Å². The molecule has 1 aliphatic carbocycles. The van der Waals surface area contributed by atoms with Gasteiger partial charge in [0.1, 0.15) is 6.10 Å². The van der Waals surface area contributed by atoms with E-state index < -0.39 is 14.4 Å². The van der Waals surface area contributed by atoms with Gasteiger partial charge in [0.25, 0.3) is 0 Å². The quantitative estimate of drug-likeness (QED) is 0.726. The molecule has 0 radical (unpaired) electrons. The zero-order valence-electron chi connectivity index (χ0n) is 11.3. The van der Waals surface area contributed by atoms with Crippen LogP contribution in [0.5, 0.6) is 0 Å². The molecule has 2 aliphatic rings. The maximum atomic E-state index is 12.0. The van der Waals surface area contributed by atoms with E-state index in [0.29, 0.717) is 11.5 Å². The Balaban J connectivity index is 2.13. The molecule has 17 heavy (non-hydrogen) atoms. The summed E-state index contributed by atoms with van der Waals surface area (Å²) in [6.07, 6.45) is -0.841. The van der Waals surface area contributed by atoms with Gasteiger partial charge in [0, 0.05) is 7.11 Å². The monoisotopic (exact) mass is 256 g/mol. The molecule has 5 heteroatoms. The van der Waals surface area contributed by atoms with Crippen molar-refractivity contribution in [1.29, 1.82) is 0 Å². The summed E-state index contributed by atoms with van der Waals surface area (Å²) >= 11 is 0. The van der Waals surface area contributed by atoms with Gasteiger partial charge in [0.05, 0.1) is 0 Å². The van der Waals surface area contributed by atoms with E-state index in [1.54, 1.807) is 7.11 Å². The Kier molecular flexibility index (Phi) is 2.76. The predicted molar refractivity (Wildman–Crippen MR) is 66.0 cm³/mol. The Morgan fingerprint density at radius 3 is 2.29 bits per heavy atom. The van der Waals surface area contributed by atoms with Crippen LogP contribution < -0.4 is 0 Å². The first kappa shape index (κ1) is 12.8. The van der Waals surface area contributed by atoms with Crippen LogP contribution in [0.2, 0.25) is 18.1 Å². The van der Waals surface area contributed by atoms with Crippen LogP contribution in [0.4, 0.5) is 0 Å². The average Bonchev–Trinajstić information content (AvgIpc) is 2.90. The van der Waals surface area contributed by atoms with Crippen molar-refractivity contribution in [2.24, 2.45) is 0 Å².